The Morgan fingerprint density at radius 2 is 2.15 bits per heavy atom. The second-order valence-corrected chi connectivity index (χ2v) is 5.51. The van der Waals surface area contributed by atoms with Crippen LogP contribution in [0.1, 0.15) is 35.3 Å². The summed E-state index contributed by atoms with van der Waals surface area (Å²) in [5.41, 5.74) is 2.68. The zero-order valence-electron chi connectivity index (χ0n) is 11.7. The summed E-state index contributed by atoms with van der Waals surface area (Å²) < 4.78 is 26.6. The Morgan fingerprint density at radius 1 is 1.45 bits per heavy atom. The predicted molar refractivity (Wildman–Crippen MR) is 72.1 cm³/mol. The third-order valence-electron chi connectivity index (χ3n) is 3.79. The molecule has 0 aliphatic carbocycles. The van der Waals surface area contributed by atoms with Crippen LogP contribution < -0.4 is 0 Å². The van der Waals surface area contributed by atoms with Gasteiger partial charge in [-0.25, -0.2) is 8.78 Å². The molecule has 110 valence electrons. The van der Waals surface area contributed by atoms with Crippen molar-refractivity contribution in [1.29, 1.82) is 0 Å². The monoisotopic (exact) mass is 283 g/mol. The lowest BCUT2D eigenvalue weighted by molar-refractivity contribution is -0.0818. The Hall–Kier alpha value is -1.33. The minimum absolute atomic E-state index is 0.00898. The van der Waals surface area contributed by atoms with E-state index in [0.717, 1.165) is 11.1 Å². The van der Waals surface area contributed by atoms with Crippen molar-refractivity contribution in [3.63, 3.8) is 0 Å². The van der Waals surface area contributed by atoms with E-state index in [-0.39, 0.29) is 11.8 Å². The molecular weight excluding hydrogens is 264 g/mol. The molecule has 1 atom stereocenters. The summed E-state index contributed by atoms with van der Waals surface area (Å²) in [5.74, 6) is -3.07. The van der Waals surface area contributed by atoms with Gasteiger partial charge in [-0.1, -0.05) is 12.1 Å². The number of benzene rings is 1. The van der Waals surface area contributed by atoms with Crippen LogP contribution in [0.2, 0.25) is 0 Å². The fraction of sp³-hybridized carbons (Fsp3) is 0.533. The maximum Gasteiger partial charge on any atom is 0.283 e. The van der Waals surface area contributed by atoms with E-state index >= 15 is 0 Å². The largest absolute Gasteiger partial charge is 0.390 e. The highest BCUT2D eigenvalue weighted by Crippen LogP contribution is 2.27. The van der Waals surface area contributed by atoms with Crippen molar-refractivity contribution < 1.29 is 18.7 Å². The molecule has 0 bridgehead atoms. The Labute approximate surface area is 117 Å². The van der Waals surface area contributed by atoms with Gasteiger partial charge in [0, 0.05) is 18.2 Å². The van der Waals surface area contributed by atoms with Crippen LogP contribution in [0.15, 0.2) is 18.2 Å². The lowest BCUT2D eigenvalue weighted by Crippen LogP contribution is -2.46. The van der Waals surface area contributed by atoms with Gasteiger partial charge >= 0.3 is 0 Å². The normalized spacial score (nSPS) is 19.8. The number of hydrogen-bond acceptors (Lipinski definition) is 3. The van der Waals surface area contributed by atoms with Gasteiger partial charge in [0.1, 0.15) is 6.61 Å². The van der Waals surface area contributed by atoms with Gasteiger partial charge in [-0.05, 0) is 37.5 Å². The average molecular weight is 283 g/mol. The number of alkyl halides is 2. The lowest BCUT2D eigenvalue weighted by atomic mass is 9.92. The smallest absolute Gasteiger partial charge is 0.283 e. The number of rotatable bonds is 4. The molecule has 1 aromatic carbocycles. The van der Waals surface area contributed by atoms with Gasteiger partial charge in [0.05, 0.1) is 6.54 Å². The number of hydrogen-bond donors (Lipinski definition) is 1. The number of aliphatic hydroxyl groups excluding tert-OH is 1. The molecule has 1 N–H and O–H groups in total. The number of ketones is 1. The Morgan fingerprint density at radius 3 is 2.75 bits per heavy atom. The van der Waals surface area contributed by atoms with Crippen LogP contribution in [0.25, 0.3) is 0 Å². The predicted octanol–water partition coefficient (Wildman–Crippen LogP) is 2.26. The van der Waals surface area contributed by atoms with Gasteiger partial charge in [0.15, 0.2) is 5.78 Å². The molecule has 3 nitrogen and oxygen atoms in total. The molecule has 1 heterocycles. The summed E-state index contributed by atoms with van der Waals surface area (Å²) >= 11 is 0. The van der Waals surface area contributed by atoms with Crippen LogP contribution in [0.5, 0.6) is 0 Å². The maximum absolute atomic E-state index is 13.3. The van der Waals surface area contributed by atoms with Crippen LogP contribution in [-0.2, 0) is 13.0 Å². The third kappa shape index (κ3) is 3.22. The van der Waals surface area contributed by atoms with Crippen LogP contribution in [0, 0.1) is 0 Å². The molecule has 1 aromatic rings. The average Bonchev–Trinajstić information content (AvgIpc) is 2.38. The highest BCUT2D eigenvalue weighted by Gasteiger charge is 2.34. The maximum atomic E-state index is 13.3. The van der Waals surface area contributed by atoms with E-state index in [4.69, 9.17) is 5.11 Å². The van der Waals surface area contributed by atoms with Crippen molar-refractivity contribution in [2.75, 3.05) is 13.2 Å². The summed E-state index contributed by atoms with van der Waals surface area (Å²) in [6, 6.07) is 5.39. The van der Waals surface area contributed by atoms with E-state index < -0.39 is 19.1 Å². The van der Waals surface area contributed by atoms with Gasteiger partial charge < -0.3 is 5.11 Å². The highest BCUT2D eigenvalue weighted by atomic mass is 19.3. The SMILES string of the molecule is CC(=O)c1ccc2c(c1)C[C@@H](C)N(CC(F)(F)CO)C2. The number of Topliss-reactive ketones (excluding diaryl/α,β-unsaturated/α-hetero) is 1. The van der Waals surface area contributed by atoms with Crippen molar-refractivity contribution in [3.05, 3.63) is 34.9 Å². The first-order valence-corrected chi connectivity index (χ1v) is 6.68. The first-order valence-electron chi connectivity index (χ1n) is 6.68. The number of halogens is 2. The summed E-state index contributed by atoms with van der Waals surface area (Å²) in [6.45, 7) is 2.24. The second kappa shape index (κ2) is 5.58. The van der Waals surface area contributed by atoms with Crippen LogP contribution in [0.3, 0.4) is 0 Å². The van der Waals surface area contributed by atoms with Gasteiger partial charge in [0.2, 0.25) is 0 Å². The molecule has 0 saturated carbocycles. The van der Waals surface area contributed by atoms with E-state index in [2.05, 4.69) is 0 Å². The molecule has 0 saturated heterocycles. The van der Waals surface area contributed by atoms with E-state index in [0.29, 0.717) is 18.5 Å². The summed E-state index contributed by atoms with van der Waals surface area (Å²) in [7, 11) is 0. The van der Waals surface area contributed by atoms with Crippen LogP contribution in [-0.4, -0.2) is 40.9 Å². The van der Waals surface area contributed by atoms with E-state index in [1.165, 1.54) is 6.92 Å². The molecule has 0 aromatic heterocycles. The molecule has 1 aliphatic heterocycles. The summed E-state index contributed by atoms with van der Waals surface area (Å²) in [6.07, 6.45) is 0.637. The summed E-state index contributed by atoms with van der Waals surface area (Å²) in [5, 5.41) is 8.69. The van der Waals surface area contributed by atoms with Crippen molar-refractivity contribution in [3.8, 4) is 0 Å². The third-order valence-corrected chi connectivity index (χ3v) is 3.79. The lowest BCUT2D eigenvalue weighted by Gasteiger charge is -2.36. The van der Waals surface area contributed by atoms with Crippen molar-refractivity contribution in [1.82, 2.24) is 4.90 Å². The highest BCUT2D eigenvalue weighted by molar-refractivity contribution is 5.94. The zero-order chi connectivity index (χ0) is 14.9. The minimum atomic E-state index is -3.08. The molecule has 0 unspecified atom stereocenters. The number of fused-ring (bicyclic) bond motifs is 1. The fourth-order valence-electron chi connectivity index (χ4n) is 2.57. The molecule has 2 rings (SSSR count). The number of aliphatic hydroxyl groups is 1. The van der Waals surface area contributed by atoms with Crippen LogP contribution >= 0.6 is 0 Å². The first-order chi connectivity index (χ1) is 9.32. The Balaban J connectivity index is 2.19. The molecule has 0 spiro atoms. The second-order valence-electron chi connectivity index (χ2n) is 5.51. The Bertz CT molecular complexity index is 517. The molecular formula is C15H19F2NO2. The van der Waals surface area contributed by atoms with Crippen molar-refractivity contribution >= 4 is 5.78 Å². The van der Waals surface area contributed by atoms with Gasteiger partial charge in [-0.3, -0.25) is 9.69 Å². The van der Waals surface area contributed by atoms with Crippen molar-refractivity contribution in [2.24, 2.45) is 0 Å². The molecule has 5 heteroatoms. The first kappa shape index (κ1) is 15.1. The topological polar surface area (TPSA) is 40.5 Å². The minimum Gasteiger partial charge on any atom is -0.390 e. The summed E-state index contributed by atoms with van der Waals surface area (Å²) in [4.78, 5) is 13.0. The molecule has 20 heavy (non-hydrogen) atoms. The van der Waals surface area contributed by atoms with Gasteiger partial charge in [-0.2, -0.15) is 0 Å². The number of nitrogens with zero attached hydrogens (tertiary/aromatic N) is 1. The zero-order valence-corrected chi connectivity index (χ0v) is 11.7. The fourth-order valence-corrected chi connectivity index (χ4v) is 2.57. The number of carbonyl (C=O) groups excluding carboxylic acids is 1. The van der Waals surface area contributed by atoms with E-state index in [9.17, 15) is 13.6 Å². The molecule has 0 fully saturated rings. The standard InChI is InChI=1S/C15H19F2NO2/c1-10-5-14-6-12(11(2)20)3-4-13(14)7-18(10)8-15(16,17)9-19/h3-4,6,10,19H,5,7-9H2,1-2H3/t10-/m1/s1. The van der Waals surface area contributed by atoms with Gasteiger partial charge in [0.25, 0.3) is 5.92 Å². The molecule has 1 aliphatic rings. The van der Waals surface area contributed by atoms with Crippen molar-refractivity contribution in [2.45, 2.75) is 38.8 Å². The van der Waals surface area contributed by atoms with Gasteiger partial charge in [-0.15, -0.1) is 0 Å². The quantitative estimate of drug-likeness (QED) is 0.862. The van der Waals surface area contributed by atoms with E-state index in [1.807, 2.05) is 19.1 Å². The number of carbonyl (C=O) groups is 1. The Kier molecular flexibility index (Phi) is 4.20. The van der Waals surface area contributed by atoms with Crippen LogP contribution in [0.4, 0.5) is 8.78 Å². The van der Waals surface area contributed by atoms with E-state index in [1.54, 1.807) is 11.0 Å². The molecule has 0 amide bonds. The molecule has 0 radical (unpaired) electrons.